The van der Waals surface area contributed by atoms with Crippen LogP contribution in [0, 0.1) is 0 Å². The van der Waals surface area contributed by atoms with Crippen LogP contribution >= 0.6 is 11.6 Å². The van der Waals surface area contributed by atoms with E-state index in [1.165, 1.54) is 0 Å². The number of nitrogens with zero attached hydrogens (tertiary/aromatic N) is 6. The second-order valence-corrected chi connectivity index (χ2v) is 8.23. The Morgan fingerprint density at radius 1 is 1.19 bits per heavy atom. The summed E-state index contributed by atoms with van der Waals surface area (Å²) >= 11 is 5.97. The van der Waals surface area contributed by atoms with Gasteiger partial charge < -0.3 is 14.4 Å². The van der Waals surface area contributed by atoms with Crippen molar-refractivity contribution >= 4 is 17.5 Å². The topological polar surface area (TPSA) is 114 Å². The summed E-state index contributed by atoms with van der Waals surface area (Å²) in [7, 11) is 0. The average Bonchev–Trinajstić information content (AvgIpc) is 3.49. The molecule has 1 aliphatic heterocycles. The predicted octanol–water partition coefficient (Wildman–Crippen LogP) is 3.98. The lowest BCUT2D eigenvalue weighted by molar-refractivity contribution is 0.0604. The number of carbonyl (C=O) groups is 1. The standard InChI is InChI=1S/C22H20ClN7O2/c1-13-2-3-15(20-28-21(32-29-20)18-9-16(23)10-27-18)12-30(13)22(31)14-4-5-25-17(8-14)19-11-24-6-7-26-19/h4-11,13,15,27H,2-3,12H2,1H3. The van der Waals surface area contributed by atoms with Gasteiger partial charge in [0.05, 0.1) is 16.9 Å². The quantitative estimate of drug-likeness (QED) is 0.501. The third kappa shape index (κ3) is 3.99. The Kier molecular flexibility index (Phi) is 5.40. The van der Waals surface area contributed by atoms with Gasteiger partial charge in [-0.3, -0.25) is 19.7 Å². The van der Waals surface area contributed by atoms with Crippen LogP contribution in [0.4, 0.5) is 0 Å². The molecule has 0 saturated carbocycles. The molecule has 1 fully saturated rings. The summed E-state index contributed by atoms with van der Waals surface area (Å²) in [6.45, 7) is 2.56. The minimum Gasteiger partial charge on any atom is -0.356 e. The highest BCUT2D eigenvalue weighted by atomic mass is 35.5. The largest absolute Gasteiger partial charge is 0.356 e. The normalized spacial score (nSPS) is 18.6. The van der Waals surface area contributed by atoms with Crippen molar-refractivity contribution in [3.8, 4) is 23.0 Å². The molecule has 1 saturated heterocycles. The SMILES string of the molecule is CC1CCC(c2noc(-c3cc(Cl)c[nH]3)n2)CN1C(=O)c1ccnc(-c2cnccn2)c1. The van der Waals surface area contributed by atoms with E-state index >= 15 is 0 Å². The molecule has 1 aliphatic rings. The van der Waals surface area contributed by atoms with Crippen molar-refractivity contribution in [1.29, 1.82) is 0 Å². The van der Waals surface area contributed by atoms with Crippen molar-refractivity contribution in [2.45, 2.75) is 31.7 Å². The summed E-state index contributed by atoms with van der Waals surface area (Å²) in [6, 6.07) is 5.31. The van der Waals surface area contributed by atoms with Gasteiger partial charge in [-0.1, -0.05) is 16.8 Å². The van der Waals surface area contributed by atoms with Gasteiger partial charge in [-0.2, -0.15) is 4.98 Å². The summed E-state index contributed by atoms with van der Waals surface area (Å²) in [5.74, 6) is 0.894. The Balaban J connectivity index is 1.36. The zero-order valence-corrected chi connectivity index (χ0v) is 18.0. The van der Waals surface area contributed by atoms with E-state index in [9.17, 15) is 4.79 Å². The third-order valence-corrected chi connectivity index (χ3v) is 5.88. The molecule has 0 spiro atoms. The van der Waals surface area contributed by atoms with Crippen LogP contribution in [0.2, 0.25) is 5.02 Å². The Morgan fingerprint density at radius 2 is 2.06 bits per heavy atom. The minimum absolute atomic E-state index is 0.0145. The van der Waals surface area contributed by atoms with E-state index < -0.39 is 0 Å². The zero-order valence-electron chi connectivity index (χ0n) is 17.3. The van der Waals surface area contributed by atoms with Gasteiger partial charge in [0.1, 0.15) is 11.4 Å². The minimum atomic E-state index is -0.0605. The number of hydrogen-bond acceptors (Lipinski definition) is 7. The number of piperidine rings is 1. The Labute approximate surface area is 188 Å². The molecule has 0 aliphatic carbocycles. The number of halogens is 1. The molecule has 162 valence electrons. The van der Waals surface area contributed by atoms with Crippen molar-refractivity contribution in [3.63, 3.8) is 0 Å². The predicted molar refractivity (Wildman–Crippen MR) is 117 cm³/mol. The van der Waals surface area contributed by atoms with E-state index in [1.54, 1.807) is 49.2 Å². The molecule has 10 heteroatoms. The molecule has 1 N–H and O–H groups in total. The van der Waals surface area contributed by atoms with Crippen molar-refractivity contribution in [2.75, 3.05) is 6.54 Å². The van der Waals surface area contributed by atoms with Crippen LogP contribution in [0.25, 0.3) is 23.0 Å². The number of aromatic nitrogens is 6. The number of H-pyrrole nitrogens is 1. The summed E-state index contributed by atoms with van der Waals surface area (Å²) < 4.78 is 5.41. The molecule has 2 unspecified atom stereocenters. The Hall–Kier alpha value is -3.59. The second kappa shape index (κ2) is 8.51. The van der Waals surface area contributed by atoms with Gasteiger partial charge in [0.25, 0.3) is 11.8 Å². The molecule has 5 rings (SSSR count). The van der Waals surface area contributed by atoms with Gasteiger partial charge in [0, 0.05) is 48.9 Å². The van der Waals surface area contributed by atoms with Crippen LogP contribution < -0.4 is 0 Å². The van der Waals surface area contributed by atoms with Crippen molar-refractivity contribution in [3.05, 3.63) is 65.6 Å². The second-order valence-electron chi connectivity index (χ2n) is 7.79. The van der Waals surface area contributed by atoms with Gasteiger partial charge in [0.2, 0.25) is 0 Å². The first-order valence-corrected chi connectivity index (χ1v) is 10.7. The highest BCUT2D eigenvalue weighted by molar-refractivity contribution is 6.30. The first-order valence-electron chi connectivity index (χ1n) is 10.3. The maximum Gasteiger partial charge on any atom is 0.274 e. The maximum atomic E-state index is 13.4. The molecule has 32 heavy (non-hydrogen) atoms. The Morgan fingerprint density at radius 3 is 2.84 bits per heavy atom. The summed E-state index contributed by atoms with van der Waals surface area (Å²) in [4.78, 5) is 35.5. The highest BCUT2D eigenvalue weighted by Crippen LogP contribution is 2.31. The number of carbonyl (C=O) groups excluding carboxylic acids is 1. The van der Waals surface area contributed by atoms with Crippen LogP contribution in [-0.4, -0.2) is 53.5 Å². The van der Waals surface area contributed by atoms with Gasteiger partial charge in [0.15, 0.2) is 5.82 Å². The maximum absolute atomic E-state index is 13.4. The first-order chi connectivity index (χ1) is 15.6. The number of rotatable bonds is 4. The van der Waals surface area contributed by atoms with E-state index in [0.29, 0.717) is 45.9 Å². The average molecular weight is 450 g/mol. The lowest BCUT2D eigenvalue weighted by Crippen LogP contribution is -2.45. The lowest BCUT2D eigenvalue weighted by atomic mass is 9.92. The molecule has 0 bridgehead atoms. The smallest absolute Gasteiger partial charge is 0.274 e. The molecule has 5 heterocycles. The molecule has 4 aromatic rings. The number of amides is 1. The van der Waals surface area contributed by atoms with Gasteiger partial charge >= 0.3 is 0 Å². The number of nitrogens with one attached hydrogen (secondary N) is 1. The molecule has 0 radical (unpaired) electrons. The van der Waals surface area contributed by atoms with Gasteiger partial charge in [-0.15, -0.1) is 0 Å². The van der Waals surface area contributed by atoms with Crippen molar-refractivity contribution in [1.82, 2.24) is 35.0 Å². The van der Waals surface area contributed by atoms with E-state index in [4.69, 9.17) is 16.1 Å². The molecule has 2 atom stereocenters. The third-order valence-electron chi connectivity index (χ3n) is 5.66. The molecular formula is C22H20ClN7O2. The summed E-state index contributed by atoms with van der Waals surface area (Å²) in [5, 5.41) is 4.73. The van der Waals surface area contributed by atoms with Gasteiger partial charge in [-0.05, 0) is 38.0 Å². The van der Waals surface area contributed by atoms with E-state index in [0.717, 1.165) is 12.8 Å². The zero-order chi connectivity index (χ0) is 22.1. The molecular weight excluding hydrogens is 430 g/mol. The molecule has 9 nitrogen and oxygen atoms in total. The fourth-order valence-corrected chi connectivity index (χ4v) is 4.07. The van der Waals surface area contributed by atoms with Crippen LogP contribution in [0.1, 0.15) is 41.9 Å². The number of likely N-dealkylation sites (tertiary alicyclic amines) is 1. The van der Waals surface area contributed by atoms with Crippen molar-refractivity contribution < 1.29 is 9.32 Å². The molecule has 1 amide bonds. The van der Waals surface area contributed by atoms with Crippen molar-refractivity contribution in [2.24, 2.45) is 0 Å². The van der Waals surface area contributed by atoms with Gasteiger partial charge in [-0.25, -0.2) is 0 Å². The highest BCUT2D eigenvalue weighted by Gasteiger charge is 2.33. The fourth-order valence-electron chi connectivity index (χ4n) is 3.90. The summed E-state index contributed by atoms with van der Waals surface area (Å²) in [5.41, 5.74) is 2.45. The van der Waals surface area contributed by atoms with Crippen LogP contribution in [0.3, 0.4) is 0 Å². The molecule has 4 aromatic heterocycles. The summed E-state index contributed by atoms with van der Waals surface area (Å²) in [6.07, 6.45) is 9.82. The van der Waals surface area contributed by atoms with Crippen LogP contribution in [0.5, 0.6) is 0 Å². The number of hydrogen-bond donors (Lipinski definition) is 1. The van der Waals surface area contributed by atoms with E-state index in [1.807, 2.05) is 4.90 Å². The monoisotopic (exact) mass is 449 g/mol. The lowest BCUT2D eigenvalue weighted by Gasteiger charge is -2.37. The number of aromatic amines is 1. The number of pyridine rings is 1. The van der Waals surface area contributed by atoms with E-state index in [2.05, 4.69) is 37.0 Å². The molecule has 0 aromatic carbocycles. The van der Waals surface area contributed by atoms with E-state index in [-0.39, 0.29) is 17.9 Å². The first kappa shape index (κ1) is 20.3. The van der Waals surface area contributed by atoms with Crippen LogP contribution in [0.15, 0.2) is 53.7 Å². The fraction of sp³-hybridized carbons (Fsp3) is 0.273. The van der Waals surface area contributed by atoms with Crippen LogP contribution in [-0.2, 0) is 0 Å². The Bertz CT molecular complexity index is 1240.